The first-order valence-corrected chi connectivity index (χ1v) is 6.60. The predicted molar refractivity (Wildman–Crippen MR) is 71.2 cm³/mol. The second-order valence-corrected chi connectivity index (χ2v) is 5.11. The Morgan fingerprint density at radius 2 is 2.18 bits per heavy atom. The van der Waals surface area contributed by atoms with Gasteiger partial charge in [-0.3, -0.25) is 0 Å². The fourth-order valence-electron chi connectivity index (χ4n) is 2.80. The number of hydrogen-bond acceptors (Lipinski definition) is 2. The second kappa shape index (κ2) is 5.19. The van der Waals surface area contributed by atoms with Gasteiger partial charge in [0, 0.05) is 6.61 Å². The summed E-state index contributed by atoms with van der Waals surface area (Å²) in [5.74, 6) is 0. The van der Waals surface area contributed by atoms with Crippen molar-refractivity contribution in [2.45, 2.75) is 45.3 Å². The van der Waals surface area contributed by atoms with Crippen LogP contribution in [-0.4, -0.2) is 18.8 Å². The lowest BCUT2D eigenvalue weighted by Crippen LogP contribution is -2.41. The van der Waals surface area contributed by atoms with E-state index in [1.165, 1.54) is 17.5 Å². The molecule has 0 aromatic heterocycles. The molecule has 0 amide bonds. The summed E-state index contributed by atoms with van der Waals surface area (Å²) in [4.78, 5) is 0. The molecule has 1 saturated heterocycles. The average molecular weight is 233 g/mol. The first-order chi connectivity index (χ1) is 8.17. The molecule has 2 unspecified atom stereocenters. The zero-order valence-corrected chi connectivity index (χ0v) is 11.1. The zero-order valence-electron chi connectivity index (χ0n) is 11.1. The maximum atomic E-state index is 6.00. The monoisotopic (exact) mass is 233 g/mol. The number of hydrogen-bond donors (Lipinski definition) is 1. The van der Waals surface area contributed by atoms with E-state index in [9.17, 15) is 0 Å². The molecule has 2 atom stereocenters. The van der Waals surface area contributed by atoms with Gasteiger partial charge < -0.3 is 10.1 Å². The van der Waals surface area contributed by atoms with Crippen LogP contribution in [0.5, 0.6) is 0 Å². The average Bonchev–Trinajstić information content (AvgIpc) is 2.75. The molecule has 2 heteroatoms. The SMILES string of the molecule is CCNC(c1ccccc1C)C1(C)CCCO1. The van der Waals surface area contributed by atoms with Crippen LogP contribution in [0, 0.1) is 6.92 Å². The summed E-state index contributed by atoms with van der Waals surface area (Å²) >= 11 is 0. The summed E-state index contributed by atoms with van der Waals surface area (Å²) < 4.78 is 6.00. The molecular formula is C15H23NO. The van der Waals surface area contributed by atoms with Gasteiger partial charge in [0.1, 0.15) is 0 Å². The molecule has 0 bridgehead atoms. The van der Waals surface area contributed by atoms with E-state index in [2.05, 4.69) is 50.4 Å². The number of benzene rings is 1. The fourth-order valence-corrected chi connectivity index (χ4v) is 2.80. The van der Waals surface area contributed by atoms with Crippen molar-refractivity contribution >= 4 is 0 Å². The van der Waals surface area contributed by atoms with Crippen LogP contribution in [0.2, 0.25) is 0 Å². The summed E-state index contributed by atoms with van der Waals surface area (Å²) in [5, 5.41) is 3.60. The molecule has 1 aliphatic rings. The highest BCUT2D eigenvalue weighted by atomic mass is 16.5. The van der Waals surface area contributed by atoms with E-state index in [0.717, 1.165) is 19.6 Å². The summed E-state index contributed by atoms with van der Waals surface area (Å²) in [6, 6.07) is 8.91. The van der Waals surface area contributed by atoms with Crippen LogP contribution in [-0.2, 0) is 4.74 Å². The van der Waals surface area contributed by atoms with Gasteiger partial charge in [0.2, 0.25) is 0 Å². The molecule has 0 saturated carbocycles. The quantitative estimate of drug-likeness (QED) is 0.862. The van der Waals surface area contributed by atoms with E-state index in [4.69, 9.17) is 4.74 Å². The van der Waals surface area contributed by atoms with Gasteiger partial charge >= 0.3 is 0 Å². The second-order valence-electron chi connectivity index (χ2n) is 5.11. The minimum atomic E-state index is -0.0534. The van der Waals surface area contributed by atoms with E-state index >= 15 is 0 Å². The summed E-state index contributed by atoms with van der Waals surface area (Å²) in [5.41, 5.74) is 2.66. The maximum absolute atomic E-state index is 6.00. The van der Waals surface area contributed by atoms with E-state index in [0.29, 0.717) is 6.04 Å². The van der Waals surface area contributed by atoms with Gasteiger partial charge in [0.25, 0.3) is 0 Å². The molecule has 1 fully saturated rings. The Bertz CT molecular complexity index is 369. The Balaban J connectivity index is 2.32. The summed E-state index contributed by atoms with van der Waals surface area (Å²) in [7, 11) is 0. The number of likely N-dealkylation sites (N-methyl/N-ethyl adjacent to an activating group) is 1. The van der Waals surface area contributed by atoms with Gasteiger partial charge in [0.05, 0.1) is 11.6 Å². The van der Waals surface area contributed by atoms with Gasteiger partial charge in [-0.15, -0.1) is 0 Å². The minimum Gasteiger partial charge on any atom is -0.373 e. The van der Waals surface area contributed by atoms with Crippen molar-refractivity contribution in [1.29, 1.82) is 0 Å². The molecule has 1 heterocycles. The molecule has 1 aromatic carbocycles. The lowest BCUT2D eigenvalue weighted by atomic mass is 9.85. The van der Waals surface area contributed by atoms with E-state index < -0.39 is 0 Å². The van der Waals surface area contributed by atoms with Crippen LogP contribution >= 0.6 is 0 Å². The van der Waals surface area contributed by atoms with Crippen molar-refractivity contribution in [3.63, 3.8) is 0 Å². The lowest BCUT2D eigenvalue weighted by molar-refractivity contribution is -0.0122. The highest BCUT2D eigenvalue weighted by molar-refractivity contribution is 5.31. The van der Waals surface area contributed by atoms with Crippen LogP contribution in [0.3, 0.4) is 0 Å². The lowest BCUT2D eigenvalue weighted by Gasteiger charge is -2.35. The molecular weight excluding hydrogens is 210 g/mol. The zero-order chi connectivity index (χ0) is 12.3. The number of rotatable bonds is 4. The topological polar surface area (TPSA) is 21.3 Å². The van der Waals surface area contributed by atoms with Gasteiger partial charge in [0.15, 0.2) is 0 Å². The van der Waals surface area contributed by atoms with Crippen LogP contribution in [0.4, 0.5) is 0 Å². The first-order valence-electron chi connectivity index (χ1n) is 6.60. The van der Waals surface area contributed by atoms with Gasteiger partial charge in [-0.2, -0.15) is 0 Å². The van der Waals surface area contributed by atoms with E-state index in [1.54, 1.807) is 0 Å². The maximum Gasteiger partial charge on any atom is 0.0849 e. The van der Waals surface area contributed by atoms with Gasteiger partial charge in [-0.25, -0.2) is 0 Å². The van der Waals surface area contributed by atoms with Gasteiger partial charge in [-0.05, 0) is 44.4 Å². The Labute approximate surface area is 104 Å². The molecule has 94 valence electrons. The third-order valence-corrected chi connectivity index (χ3v) is 3.77. The minimum absolute atomic E-state index is 0.0534. The molecule has 17 heavy (non-hydrogen) atoms. The molecule has 0 aliphatic carbocycles. The largest absolute Gasteiger partial charge is 0.373 e. The number of aryl methyl sites for hydroxylation is 1. The highest BCUT2D eigenvalue weighted by Crippen LogP contribution is 2.38. The molecule has 2 nitrogen and oxygen atoms in total. The normalized spacial score (nSPS) is 26.1. The van der Waals surface area contributed by atoms with Crippen LogP contribution in [0.15, 0.2) is 24.3 Å². The third-order valence-electron chi connectivity index (χ3n) is 3.77. The third kappa shape index (κ3) is 2.53. The van der Waals surface area contributed by atoms with Crippen molar-refractivity contribution in [2.75, 3.05) is 13.2 Å². The predicted octanol–water partition coefficient (Wildman–Crippen LogP) is 3.21. The number of ether oxygens (including phenoxy) is 1. The molecule has 1 aromatic rings. The Kier molecular flexibility index (Phi) is 3.85. The molecule has 1 aliphatic heterocycles. The smallest absolute Gasteiger partial charge is 0.0849 e. The Morgan fingerprint density at radius 1 is 1.41 bits per heavy atom. The van der Waals surface area contributed by atoms with Crippen molar-refractivity contribution in [2.24, 2.45) is 0 Å². The van der Waals surface area contributed by atoms with Crippen molar-refractivity contribution < 1.29 is 4.74 Å². The fraction of sp³-hybridized carbons (Fsp3) is 0.600. The van der Waals surface area contributed by atoms with Crippen molar-refractivity contribution in [3.05, 3.63) is 35.4 Å². The molecule has 2 rings (SSSR count). The summed E-state index contributed by atoms with van der Waals surface area (Å²) in [6.07, 6.45) is 2.31. The Hall–Kier alpha value is -0.860. The molecule has 1 N–H and O–H groups in total. The van der Waals surface area contributed by atoms with E-state index in [1.807, 2.05) is 0 Å². The Morgan fingerprint density at radius 3 is 2.76 bits per heavy atom. The first kappa shape index (κ1) is 12.6. The number of nitrogens with one attached hydrogen (secondary N) is 1. The summed E-state index contributed by atoms with van der Waals surface area (Å²) in [6.45, 7) is 8.43. The highest BCUT2D eigenvalue weighted by Gasteiger charge is 2.39. The standard InChI is InChI=1S/C15H23NO/c1-4-16-14(15(3)10-7-11-17-15)13-9-6-5-8-12(13)2/h5-6,8-9,14,16H,4,7,10-11H2,1-3H3. The molecule has 0 radical (unpaired) electrons. The van der Waals surface area contributed by atoms with Crippen molar-refractivity contribution in [3.8, 4) is 0 Å². The molecule has 0 spiro atoms. The van der Waals surface area contributed by atoms with E-state index in [-0.39, 0.29) is 5.60 Å². The van der Waals surface area contributed by atoms with Gasteiger partial charge in [-0.1, -0.05) is 31.2 Å². The van der Waals surface area contributed by atoms with Crippen LogP contribution in [0.25, 0.3) is 0 Å². The van der Waals surface area contributed by atoms with Crippen LogP contribution in [0.1, 0.15) is 43.9 Å². The van der Waals surface area contributed by atoms with Crippen LogP contribution < -0.4 is 5.32 Å². The van der Waals surface area contributed by atoms with Crippen molar-refractivity contribution in [1.82, 2.24) is 5.32 Å².